The highest BCUT2D eigenvalue weighted by molar-refractivity contribution is 7.89. The van der Waals surface area contributed by atoms with Crippen molar-refractivity contribution in [1.29, 1.82) is 0 Å². The second-order valence-electron chi connectivity index (χ2n) is 4.43. The second-order valence-corrected chi connectivity index (χ2v) is 6.19. The summed E-state index contributed by atoms with van der Waals surface area (Å²) in [5.74, 6) is -0.0998. The molecule has 0 spiro atoms. The van der Waals surface area contributed by atoms with E-state index in [9.17, 15) is 13.2 Å². The van der Waals surface area contributed by atoms with E-state index in [1.807, 2.05) is 0 Å². The summed E-state index contributed by atoms with van der Waals surface area (Å²) in [4.78, 5) is 11.3. The largest absolute Gasteiger partial charge is 0.295 e. The maximum Gasteiger partial charge on any atom is 0.240 e. The lowest BCUT2D eigenvalue weighted by Crippen LogP contribution is -2.23. The number of benzene rings is 1. The van der Waals surface area contributed by atoms with Crippen molar-refractivity contribution in [3.8, 4) is 0 Å². The van der Waals surface area contributed by atoms with Crippen molar-refractivity contribution in [2.75, 3.05) is 0 Å². The summed E-state index contributed by atoms with van der Waals surface area (Å²) < 4.78 is 28.2. The summed E-state index contributed by atoms with van der Waals surface area (Å²) in [7, 11) is -1.83. The zero-order valence-electron chi connectivity index (χ0n) is 11.2. The molecule has 7 heteroatoms. The first kappa shape index (κ1) is 14.4. The van der Waals surface area contributed by atoms with Crippen LogP contribution in [0, 0.1) is 0 Å². The summed E-state index contributed by atoms with van der Waals surface area (Å²) in [5, 5.41) is 3.97. The van der Waals surface area contributed by atoms with Gasteiger partial charge in [-0.3, -0.25) is 9.48 Å². The number of nitrogens with zero attached hydrogens (tertiary/aromatic N) is 2. The summed E-state index contributed by atoms with van der Waals surface area (Å²) in [6.07, 6.45) is 3.34. The average Bonchev–Trinajstić information content (AvgIpc) is 2.82. The number of aromatic nitrogens is 2. The van der Waals surface area contributed by atoms with Crippen LogP contribution in [0.25, 0.3) is 0 Å². The Labute approximate surface area is 117 Å². The molecule has 1 heterocycles. The molecule has 0 bridgehead atoms. The number of carbonyl (C=O) groups excluding carboxylic acids is 1. The van der Waals surface area contributed by atoms with Gasteiger partial charge in [-0.25, -0.2) is 13.1 Å². The van der Waals surface area contributed by atoms with Gasteiger partial charge in [-0.2, -0.15) is 5.10 Å². The van der Waals surface area contributed by atoms with Gasteiger partial charge < -0.3 is 0 Å². The molecule has 0 unspecified atom stereocenters. The fourth-order valence-corrected chi connectivity index (χ4v) is 2.71. The van der Waals surface area contributed by atoms with Crippen LogP contribution in [0.4, 0.5) is 0 Å². The molecule has 0 amide bonds. The van der Waals surface area contributed by atoms with E-state index in [4.69, 9.17) is 0 Å². The monoisotopic (exact) mass is 293 g/mol. The Morgan fingerprint density at radius 2 is 1.95 bits per heavy atom. The van der Waals surface area contributed by atoms with Crippen LogP contribution < -0.4 is 4.72 Å². The highest BCUT2D eigenvalue weighted by Crippen LogP contribution is 2.11. The van der Waals surface area contributed by atoms with Gasteiger partial charge in [0.1, 0.15) is 0 Å². The van der Waals surface area contributed by atoms with Crippen molar-refractivity contribution in [1.82, 2.24) is 14.5 Å². The molecule has 106 valence electrons. The number of rotatable bonds is 5. The smallest absolute Gasteiger partial charge is 0.240 e. The Hall–Kier alpha value is -1.99. The Bertz CT molecular complexity index is 718. The van der Waals surface area contributed by atoms with Gasteiger partial charge in [-0.1, -0.05) is 12.1 Å². The number of carbonyl (C=O) groups is 1. The van der Waals surface area contributed by atoms with Crippen LogP contribution in [0.3, 0.4) is 0 Å². The van der Waals surface area contributed by atoms with Crippen molar-refractivity contribution < 1.29 is 13.2 Å². The van der Waals surface area contributed by atoms with Crippen LogP contribution in [0.2, 0.25) is 0 Å². The van der Waals surface area contributed by atoms with Crippen LogP contribution in [0.15, 0.2) is 41.6 Å². The first-order valence-corrected chi connectivity index (χ1v) is 7.45. The summed E-state index contributed by atoms with van der Waals surface area (Å²) >= 11 is 0. The molecule has 6 nitrogen and oxygen atoms in total. The number of ketones is 1. The Kier molecular flexibility index (Phi) is 4.01. The molecule has 0 saturated heterocycles. The van der Waals surface area contributed by atoms with Crippen LogP contribution in [0.5, 0.6) is 0 Å². The summed E-state index contributed by atoms with van der Waals surface area (Å²) in [5.41, 5.74) is 1.26. The average molecular weight is 293 g/mol. The summed E-state index contributed by atoms with van der Waals surface area (Å²) in [6, 6.07) is 5.84. The highest BCUT2D eigenvalue weighted by Gasteiger charge is 2.14. The molecule has 2 rings (SSSR count). The van der Waals surface area contributed by atoms with Gasteiger partial charge in [0.05, 0.1) is 11.1 Å². The summed E-state index contributed by atoms with van der Waals surface area (Å²) in [6.45, 7) is 1.61. The molecule has 20 heavy (non-hydrogen) atoms. The molecule has 1 aromatic heterocycles. The third-order valence-corrected chi connectivity index (χ3v) is 4.21. The van der Waals surface area contributed by atoms with E-state index < -0.39 is 10.0 Å². The Balaban J connectivity index is 2.11. The van der Waals surface area contributed by atoms with E-state index in [-0.39, 0.29) is 17.2 Å². The number of hydrogen-bond donors (Lipinski definition) is 1. The molecule has 1 N–H and O–H groups in total. The van der Waals surface area contributed by atoms with Gasteiger partial charge in [-0.05, 0) is 19.1 Å². The van der Waals surface area contributed by atoms with Crippen LogP contribution in [-0.4, -0.2) is 24.0 Å². The predicted molar refractivity (Wildman–Crippen MR) is 73.7 cm³/mol. The van der Waals surface area contributed by atoms with E-state index in [0.717, 1.165) is 5.56 Å². The zero-order valence-corrected chi connectivity index (χ0v) is 12.0. The third kappa shape index (κ3) is 3.31. The van der Waals surface area contributed by atoms with Gasteiger partial charge in [0.2, 0.25) is 10.0 Å². The van der Waals surface area contributed by atoms with Gasteiger partial charge in [0.15, 0.2) is 5.78 Å². The number of Topliss-reactive ketones (excluding diaryl/α,β-unsaturated/α-hetero) is 1. The van der Waals surface area contributed by atoms with Gasteiger partial charge in [0.25, 0.3) is 0 Å². The van der Waals surface area contributed by atoms with Crippen molar-refractivity contribution in [2.24, 2.45) is 7.05 Å². The molecule has 0 saturated carbocycles. The minimum absolute atomic E-state index is 0.0998. The van der Waals surface area contributed by atoms with Gasteiger partial charge in [-0.15, -0.1) is 0 Å². The minimum Gasteiger partial charge on any atom is -0.295 e. The second kappa shape index (κ2) is 5.56. The lowest BCUT2D eigenvalue weighted by Gasteiger charge is -2.06. The molecule has 0 aliphatic rings. The first-order valence-electron chi connectivity index (χ1n) is 5.97. The maximum absolute atomic E-state index is 12.1. The van der Waals surface area contributed by atoms with Crippen LogP contribution >= 0.6 is 0 Å². The fourth-order valence-electron chi connectivity index (χ4n) is 1.69. The SMILES string of the molecule is CC(=O)c1ccc(S(=O)(=O)NCc2cnn(C)c2)cc1. The molecule has 1 aromatic carbocycles. The molecule has 0 aliphatic carbocycles. The topological polar surface area (TPSA) is 81.1 Å². The first-order chi connectivity index (χ1) is 9.38. The highest BCUT2D eigenvalue weighted by atomic mass is 32.2. The van der Waals surface area contributed by atoms with Crippen molar-refractivity contribution in [2.45, 2.75) is 18.4 Å². The molecule has 0 fully saturated rings. The Morgan fingerprint density at radius 1 is 1.30 bits per heavy atom. The molecule has 0 atom stereocenters. The quantitative estimate of drug-likeness (QED) is 0.837. The van der Waals surface area contributed by atoms with Crippen molar-refractivity contribution in [3.05, 3.63) is 47.8 Å². The Morgan fingerprint density at radius 3 is 2.45 bits per heavy atom. The molecular weight excluding hydrogens is 278 g/mol. The maximum atomic E-state index is 12.1. The zero-order chi connectivity index (χ0) is 14.8. The number of nitrogens with one attached hydrogen (secondary N) is 1. The van der Waals surface area contributed by atoms with Crippen LogP contribution in [-0.2, 0) is 23.6 Å². The number of sulfonamides is 1. The van der Waals surface area contributed by atoms with Crippen molar-refractivity contribution >= 4 is 15.8 Å². The number of hydrogen-bond acceptors (Lipinski definition) is 4. The normalized spacial score (nSPS) is 11.5. The van der Waals surface area contributed by atoms with E-state index >= 15 is 0 Å². The lowest BCUT2D eigenvalue weighted by molar-refractivity contribution is 0.101. The number of aryl methyl sites for hydroxylation is 1. The van der Waals surface area contributed by atoms with E-state index in [1.54, 1.807) is 24.1 Å². The molecule has 0 radical (unpaired) electrons. The van der Waals surface area contributed by atoms with Gasteiger partial charge in [0, 0.05) is 30.9 Å². The van der Waals surface area contributed by atoms with E-state index in [2.05, 4.69) is 9.82 Å². The minimum atomic E-state index is -3.59. The van der Waals surface area contributed by atoms with Crippen molar-refractivity contribution in [3.63, 3.8) is 0 Å². The predicted octanol–water partition coefficient (Wildman–Crippen LogP) is 1.10. The molecule has 2 aromatic rings. The fraction of sp³-hybridized carbons (Fsp3) is 0.231. The molecule has 0 aliphatic heterocycles. The third-order valence-electron chi connectivity index (χ3n) is 2.80. The van der Waals surface area contributed by atoms with E-state index in [0.29, 0.717) is 5.56 Å². The molecular formula is C13H15N3O3S. The lowest BCUT2D eigenvalue weighted by atomic mass is 10.2. The van der Waals surface area contributed by atoms with Gasteiger partial charge >= 0.3 is 0 Å². The van der Waals surface area contributed by atoms with Crippen LogP contribution in [0.1, 0.15) is 22.8 Å². The standard InChI is InChI=1S/C13H15N3O3S/c1-10(17)12-3-5-13(6-4-12)20(18,19)15-8-11-7-14-16(2)9-11/h3-7,9,15H,8H2,1-2H3. The van der Waals surface area contributed by atoms with E-state index in [1.165, 1.54) is 31.2 Å².